The second kappa shape index (κ2) is 6.01. The van der Waals surface area contributed by atoms with Gasteiger partial charge in [-0.05, 0) is 25.3 Å². The first-order valence-corrected chi connectivity index (χ1v) is 5.79. The minimum Gasteiger partial charge on any atom is -0.477 e. The maximum atomic E-state index is 11.3. The Hall–Kier alpha value is -2.09. The molecule has 96 valence electrons. The number of hydrogen-bond donors (Lipinski definition) is 1. The molecule has 1 heterocycles. The number of ether oxygens (including phenoxy) is 1. The summed E-state index contributed by atoms with van der Waals surface area (Å²) in [6.45, 7) is 5.42. The molecule has 0 saturated heterocycles. The van der Waals surface area contributed by atoms with Gasteiger partial charge in [0.05, 0.1) is 5.69 Å². The maximum absolute atomic E-state index is 11.3. The van der Waals surface area contributed by atoms with Gasteiger partial charge in [0.15, 0.2) is 6.10 Å². The molecule has 0 bridgehead atoms. The largest absolute Gasteiger partial charge is 0.477 e. The predicted molar refractivity (Wildman–Crippen MR) is 66.7 cm³/mol. The van der Waals surface area contributed by atoms with Crippen molar-refractivity contribution in [3.8, 4) is 18.2 Å². The molecule has 0 radical (unpaired) electrons. The van der Waals surface area contributed by atoms with E-state index < -0.39 is 12.1 Å². The number of hydrogen-bond acceptors (Lipinski definition) is 4. The zero-order valence-corrected chi connectivity index (χ0v) is 10.7. The molecule has 1 N–H and O–H groups in total. The Morgan fingerprint density at radius 1 is 1.44 bits per heavy atom. The van der Waals surface area contributed by atoms with E-state index >= 15 is 0 Å². The Bertz CT molecular complexity index is 492. The minimum atomic E-state index is -1.07. The van der Waals surface area contributed by atoms with Crippen molar-refractivity contribution < 1.29 is 14.6 Å². The summed E-state index contributed by atoms with van der Waals surface area (Å²) in [5.74, 6) is 1.28. The quantitative estimate of drug-likeness (QED) is 0.803. The molecule has 1 unspecified atom stereocenters. The highest BCUT2D eigenvalue weighted by molar-refractivity contribution is 5.92. The van der Waals surface area contributed by atoms with E-state index in [1.807, 2.05) is 13.8 Å². The van der Waals surface area contributed by atoms with E-state index in [0.717, 1.165) is 0 Å². The van der Waals surface area contributed by atoms with Crippen molar-refractivity contribution in [2.24, 2.45) is 0 Å². The van der Waals surface area contributed by atoms with Crippen LogP contribution in [0.5, 0.6) is 5.88 Å². The predicted octanol–water partition coefficient (Wildman–Crippen LogP) is 1.70. The highest BCUT2D eigenvalue weighted by Crippen LogP contribution is 2.23. The van der Waals surface area contributed by atoms with Gasteiger partial charge in [0.2, 0.25) is 5.88 Å². The van der Waals surface area contributed by atoms with Gasteiger partial charge in [-0.25, -0.2) is 4.79 Å². The molecule has 1 rings (SSSR count). The van der Waals surface area contributed by atoms with Gasteiger partial charge in [-0.2, -0.15) is 5.10 Å². The van der Waals surface area contributed by atoms with E-state index in [0.29, 0.717) is 24.1 Å². The lowest BCUT2D eigenvalue weighted by atomic mass is 10.0. The Kier molecular flexibility index (Phi) is 4.67. The third-order valence-electron chi connectivity index (χ3n) is 2.55. The van der Waals surface area contributed by atoms with Crippen LogP contribution in [0.15, 0.2) is 0 Å². The highest BCUT2D eigenvalue weighted by atomic mass is 16.5. The monoisotopic (exact) mass is 248 g/mol. The van der Waals surface area contributed by atoms with Gasteiger partial charge >= 0.3 is 5.97 Å². The average molecular weight is 248 g/mol. The molecule has 1 aromatic rings. The van der Waals surface area contributed by atoms with Crippen molar-refractivity contribution in [1.82, 2.24) is 10.2 Å². The van der Waals surface area contributed by atoms with E-state index in [1.54, 1.807) is 6.92 Å². The molecular weight excluding hydrogens is 232 g/mol. The molecule has 1 aromatic heterocycles. The topological polar surface area (TPSA) is 72.3 Å². The van der Waals surface area contributed by atoms with Crippen LogP contribution < -0.4 is 4.74 Å². The van der Waals surface area contributed by atoms with Gasteiger partial charge in [0.25, 0.3) is 0 Å². The Labute approximate surface area is 106 Å². The fourth-order valence-electron chi connectivity index (χ4n) is 1.66. The van der Waals surface area contributed by atoms with Crippen LogP contribution in [0, 0.1) is 12.3 Å². The van der Waals surface area contributed by atoms with Gasteiger partial charge in [0.1, 0.15) is 5.56 Å². The van der Waals surface area contributed by atoms with Crippen molar-refractivity contribution in [3.05, 3.63) is 16.8 Å². The van der Waals surface area contributed by atoms with Crippen molar-refractivity contribution in [2.75, 3.05) is 0 Å². The molecule has 0 amide bonds. The lowest BCUT2D eigenvalue weighted by Crippen LogP contribution is -2.17. The number of aromatic carboxylic acids is 1. The summed E-state index contributed by atoms with van der Waals surface area (Å²) in [6.07, 6.45) is 5.84. The number of aromatic nitrogens is 2. The van der Waals surface area contributed by atoms with Crippen LogP contribution in [0.25, 0.3) is 0 Å². The molecular formula is C13H16N2O3. The van der Waals surface area contributed by atoms with E-state index in [4.69, 9.17) is 11.2 Å². The normalized spacial score (nSPS) is 11.7. The van der Waals surface area contributed by atoms with E-state index in [2.05, 4.69) is 16.1 Å². The lowest BCUT2D eigenvalue weighted by molar-refractivity contribution is 0.0688. The Morgan fingerprint density at radius 2 is 2.11 bits per heavy atom. The van der Waals surface area contributed by atoms with E-state index in [1.165, 1.54) is 0 Å². The smallest absolute Gasteiger partial charge is 0.341 e. The van der Waals surface area contributed by atoms with Gasteiger partial charge in [0, 0.05) is 0 Å². The van der Waals surface area contributed by atoms with E-state index in [9.17, 15) is 9.90 Å². The number of rotatable bonds is 5. The van der Waals surface area contributed by atoms with Crippen LogP contribution in [0.4, 0.5) is 0 Å². The van der Waals surface area contributed by atoms with Crippen LogP contribution >= 0.6 is 0 Å². The highest BCUT2D eigenvalue weighted by Gasteiger charge is 2.22. The third-order valence-corrected chi connectivity index (χ3v) is 2.55. The summed E-state index contributed by atoms with van der Waals surface area (Å²) in [5, 5.41) is 17.1. The summed E-state index contributed by atoms with van der Waals surface area (Å²) < 4.78 is 5.31. The molecule has 1 atom stereocenters. The summed E-state index contributed by atoms with van der Waals surface area (Å²) in [7, 11) is 0. The number of nitrogens with zero attached hydrogens (tertiary/aromatic N) is 2. The van der Waals surface area contributed by atoms with Crippen LogP contribution in [-0.4, -0.2) is 27.4 Å². The summed E-state index contributed by atoms with van der Waals surface area (Å²) in [4.78, 5) is 11.3. The SMILES string of the molecule is C#CC(C)Oc1nnc(CC)c(CC)c1C(=O)O. The van der Waals surface area contributed by atoms with Crippen molar-refractivity contribution in [1.29, 1.82) is 0 Å². The summed E-state index contributed by atoms with van der Waals surface area (Å²) in [6, 6.07) is 0. The first-order chi connectivity index (χ1) is 8.54. The number of carboxylic acids is 1. The van der Waals surface area contributed by atoms with Gasteiger partial charge < -0.3 is 9.84 Å². The van der Waals surface area contributed by atoms with E-state index in [-0.39, 0.29) is 11.4 Å². The molecule has 0 aliphatic heterocycles. The second-order valence-corrected chi connectivity index (χ2v) is 3.74. The van der Waals surface area contributed by atoms with Crippen LogP contribution in [-0.2, 0) is 12.8 Å². The zero-order chi connectivity index (χ0) is 13.7. The first-order valence-electron chi connectivity index (χ1n) is 5.79. The van der Waals surface area contributed by atoms with Crippen LogP contribution in [0.2, 0.25) is 0 Å². The van der Waals surface area contributed by atoms with Crippen molar-refractivity contribution in [3.63, 3.8) is 0 Å². The molecule has 5 nitrogen and oxygen atoms in total. The molecule has 0 saturated carbocycles. The average Bonchev–Trinajstić information content (AvgIpc) is 2.37. The van der Waals surface area contributed by atoms with Crippen LogP contribution in [0.1, 0.15) is 42.4 Å². The minimum absolute atomic E-state index is 0.0120. The fraction of sp³-hybridized carbons (Fsp3) is 0.462. The van der Waals surface area contributed by atoms with Gasteiger partial charge in [-0.1, -0.05) is 19.8 Å². The molecule has 0 spiro atoms. The molecule has 0 aliphatic carbocycles. The van der Waals surface area contributed by atoms with Crippen molar-refractivity contribution in [2.45, 2.75) is 39.7 Å². The number of terminal acetylenes is 1. The second-order valence-electron chi connectivity index (χ2n) is 3.74. The molecule has 0 aliphatic rings. The summed E-state index contributed by atoms with van der Waals surface area (Å²) >= 11 is 0. The van der Waals surface area contributed by atoms with Crippen molar-refractivity contribution >= 4 is 5.97 Å². The van der Waals surface area contributed by atoms with Crippen LogP contribution in [0.3, 0.4) is 0 Å². The fourth-order valence-corrected chi connectivity index (χ4v) is 1.66. The molecule has 5 heteroatoms. The Balaban J connectivity index is 3.35. The molecule has 18 heavy (non-hydrogen) atoms. The number of aryl methyl sites for hydroxylation is 1. The lowest BCUT2D eigenvalue weighted by Gasteiger charge is -2.14. The van der Waals surface area contributed by atoms with Gasteiger partial charge in [-0.15, -0.1) is 11.5 Å². The number of carboxylic acid groups (broad SMARTS) is 1. The zero-order valence-electron chi connectivity index (χ0n) is 10.7. The molecule has 0 aromatic carbocycles. The summed E-state index contributed by atoms with van der Waals surface area (Å²) in [5.41, 5.74) is 1.39. The molecule has 0 fully saturated rings. The van der Waals surface area contributed by atoms with Gasteiger partial charge in [-0.3, -0.25) is 0 Å². The standard InChI is InChI=1S/C13H16N2O3/c1-5-8(4)18-12-11(13(16)17)9(6-2)10(7-3)14-15-12/h1,8H,6-7H2,2-4H3,(H,16,17). The first kappa shape index (κ1) is 14.0. The number of carbonyl (C=O) groups is 1. The Morgan fingerprint density at radius 3 is 2.56 bits per heavy atom. The third kappa shape index (κ3) is 2.77. The maximum Gasteiger partial charge on any atom is 0.341 e.